The molecule has 0 aliphatic carbocycles. The average molecular weight is 248 g/mol. The first-order valence-corrected chi connectivity index (χ1v) is 6.33. The van der Waals surface area contributed by atoms with E-state index in [4.69, 9.17) is 5.73 Å². The van der Waals surface area contributed by atoms with Crippen LogP contribution < -0.4 is 5.73 Å². The summed E-state index contributed by atoms with van der Waals surface area (Å²) in [4.78, 5) is 19.8. The highest BCUT2D eigenvalue weighted by Crippen LogP contribution is 2.19. The van der Waals surface area contributed by atoms with E-state index in [1.807, 2.05) is 23.1 Å². The van der Waals surface area contributed by atoms with Gasteiger partial charge in [-0.1, -0.05) is 6.07 Å². The first kappa shape index (κ1) is 13.0. The highest BCUT2D eigenvalue weighted by atomic mass is 16.2. The molecule has 2 heterocycles. The molecule has 1 fully saturated rings. The Morgan fingerprint density at radius 3 is 2.61 bits per heavy atom. The standard InChI is InChI=1S/C13H20N4O/c1-11(18)16-6-8-17(9-7-16)13(10-14)12-4-2-3-5-15-12/h2-5,13H,6-10,14H2,1H3. The summed E-state index contributed by atoms with van der Waals surface area (Å²) in [6.07, 6.45) is 1.80. The summed E-state index contributed by atoms with van der Waals surface area (Å²) in [5.41, 5.74) is 6.88. The number of amides is 1. The molecule has 1 aliphatic heterocycles. The molecular formula is C13H20N4O. The Labute approximate surface area is 108 Å². The maximum atomic E-state index is 11.3. The molecule has 0 saturated carbocycles. The molecule has 0 spiro atoms. The number of nitrogens with two attached hydrogens (primary N) is 1. The Kier molecular flexibility index (Phi) is 4.28. The molecule has 0 bridgehead atoms. The molecular weight excluding hydrogens is 228 g/mol. The van der Waals surface area contributed by atoms with Crippen LogP contribution in [-0.2, 0) is 4.79 Å². The molecule has 5 nitrogen and oxygen atoms in total. The molecule has 1 unspecified atom stereocenters. The fourth-order valence-electron chi connectivity index (χ4n) is 2.38. The van der Waals surface area contributed by atoms with Gasteiger partial charge in [-0.05, 0) is 12.1 Å². The zero-order chi connectivity index (χ0) is 13.0. The molecule has 18 heavy (non-hydrogen) atoms. The third kappa shape index (κ3) is 2.86. The number of aromatic nitrogens is 1. The van der Waals surface area contributed by atoms with Crippen molar-refractivity contribution in [3.8, 4) is 0 Å². The van der Waals surface area contributed by atoms with Gasteiger partial charge in [0.05, 0.1) is 11.7 Å². The van der Waals surface area contributed by atoms with Crippen LogP contribution in [0.3, 0.4) is 0 Å². The number of pyridine rings is 1. The van der Waals surface area contributed by atoms with E-state index in [9.17, 15) is 4.79 Å². The third-order valence-electron chi connectivity index (χ3n) is 3.45. The van der Waals surface area contributed by atoms with Gasteiger partial charge in [-0.15, -0.1) is 0 Å². The molecule has 1 saturated heterocycles. The van der Waals surface area contributed by atoms with Gasteiger partial charge in [0.15, 0.2) is 0 Å². The Morgan fingerprint density at radius 1 is 1.39 bits per heavy atom. The predicted molar refractivity (Wildman–Crippen MR) is 69.9 cm³/mol. The molecule has 2 N–H and O–H groups in total. The van der Waals surface area contributed by atoms with E-state index in [2.05, 4.69) is 9.88 Å². The van der Waals surface area contributed by atoms with Crippen molar-refractivity contribution in [2.24, 2.45) is 5.73 Å². The number of rotatable bonds is 3. The van der Waals surface area contributed by atoms with Crippen molar-refractivity contribution in [1.82, 2.24) is 14.8 Å². The highest BCUT2D eigenvalue weighted by molar-refractivity contribution is 5.73. The van der Waals surface area contributed by atoms with E-state index in [1.165, 1.54) is 0 Å². The fraction of sp³-hybridized carbons (Fsp3) is 0.538. The highest BCUT2D eigenvalue weighted by Gasteiger charge is 2.25. The van der Waals surface area contributed by atoms with E-state index in [0.717, 1.165) is 31.9 Å². The lowest BCUT2D eigenvalue weighted by atomic mass is 10.1. The summed E-state index contributed by atoms with van der Waals surface area (Å²) in [7, 11) is 0. The van der Waals surface area contributed by atoms with Gasteiger partial charge in [0.2, 0.25) is 5.91 Å². The van der Waals surface area contributed by atoms with Crippen LogP contribution in [0.15, 0.2) is 24.4 Å². The van der Waals surface area contributed by atoms with Crippen LogP contribution in [0.25, 0.3) is 0 Å². The Hall–Kier alpha value is -1.46. The molecule has 2 rings (SSSR count). The first-order chi connectivity index (χ1) is 8.72. The zero-order valence-electron chi connectivity index (χ0n) is 10.7. The van der Waals surface area contributed by atoms with Crippen molar-refractivity contribution in [3.05, 3.63) is 30.1 Å². The van der Waals surface area contributed by atoms with Gasteiger partial charge in [-0.25, -0.2) is 0 Å². The lowest BCUT2D eigenvalue weighted by molar-refractivity contribution is -0.130. The van der Waals surface area contributed by atoms with Gasteiger partial charge in [0.25, 0.3) is 0 Å². The van der Waals surface area contributed by atoms with Crippen molar-refractivity contribution in [1.29, 1.82) is 0 Å². The number of carbonyl (C=O) groups is 1. The van der Waals surface area contributed by atoms with Crippen molar-refractivity contribution in [3.63, 3.8) is 0 Å². The average Bonchev–Trinajstić information content (AvgIpc) is 2.41. The Balaban J connectivity index is 2.01. The van der Waals surface area contributed by atoms with Crippen molar-refractivity contribution < 1.29 is 4.79 Å². The van der Waals surface area contributed by atoms with Crippen molar-refractivity contribution in [2.75, 3.05) is 32.7 Å². The maximum absolute atomic E-state index is 11.3. The van der Waals surface area contributed by atoms with E-state index < -0.39 is 0 Å². The van der Waals surface area contributed by atoms with Crippen molar-refractivity contribution in [2.45, 2.75) is 13.0 Å². The minimum absolute atomic E-state index is 0.150. The lowest BCUT2D eigenvalue weighted by Gasteiger charge is -2.38. The van der Waals surface area contributed by atoms with Gasteiger partial charge in [0, 0.05) is 45.8 Å². The number of nitrogens with zero attached hydrogens (tertiary/aromatic N) is 3. The number of piperazine rings is 1. The van der Waals surface area contributed by atoms with Gasteiger partial charge in [0.1, 0.15) is 0 Å². The molecule has 0 aromatic carbocycles. The van der Waals surface area contributed by atoms with E-state index in [0.29, 0.717) is 6.54 Å². The molecule has 5 heteroatoms. The monoisotopic (exact) mass is 248 g/mol. The van der Waals surface area contributed by atoms with Crippen LogP contribution in [0.4, 0.5) is 0 Å². The minimum atomic E-state index is 0.150. The molecule has 98 valence electrons. The topological polar surface area (TPSA) is 62.5 Å². The summed E-state index contributed by atoms with van der Waals surface area (Å²) < 4.78 is 0. The molecule has 1 atom stereocenters. The van der Waals surface area contributed by atoms with Crippen LogP contribution >= 0.6 is 0 Å². The van der Waals surface area contributed by atoms with Gasteiger partial charge in [-0.3, -0.25) is 14.7 Å². The van der Waals surface area contributed by atoms with Crippen molar-refractivity contribution >= 4 is 5.91 Å². The summed E-state index contributed by atoms with van der Waals surface area (Å²) >= 11 is 0. The van der Waals surface area contributed by atoms with Crippen LogP contribution in [0.5, 0.6) is 0 Å². The summed E-state index contributed by atoms with van der Waals surface area (Å²) in [5.74, 6) is 0.150. The normalized spacial score (nSPS) is 18.7. The quantitative estimate of drug-likeness (QED) is 0.832. The number of hydrogen-bond donors (Lipinski definition) is 1. The number of carbonyl (C=O) groups excluding carboxylic acids is 1. The van der Waals surface area contributed by atoms with E-state index >= 15 is 0 Å². The van der Waals surface area contributed by atoms with Gasteiger partial charge in [-0.2, -0.15) is 0 Å². The fourth-order valence-corrected chi connectivity index (χ4v) is 2.38. The zero-order valence-corrected chi connectivity index (χ0v) is 10.7. The molecule has 1 aromatic heterocycles. The van der Waals surface area contributed by atoms with Gasteiger partial charge < -0.3 is 10.6 Å². The second kappa shape index (κ2) is 5.93. The Bertz CT molecular complexity index is 387. The van der Waals surface area contributed by atoms with E-state index in [1.54, 1.807) is 13.1 Å². The molecule has 1 aliphatic rings. The van der Waals surface area contributed by atoms with Crippen LogP contribution in [0.1, 0.15) is 18.7 Å². The summed E-state index contributed by atoms with van der Waals surface area (Å²) in [6.45, 7) is 5.44. The van der Waals surface area contributed by atoms with Crippen LogP contribution in [-0.4, -0.2) is 53.4 Å². The smallest absolute Gasteiger partial charge is 0.219 e. The van der Waals surface area contributed by atoms with E-state index in [-0.39, 0.29) is 11.9 Å². The second-order valence-corrected chi connectivity index (χ2v) is 4.55. The minimum Gasteiger partial charge on any atom is -0.340 e. The molecule has 0 radical (unpaired) electrons. The molecule has 1 amide bonds. The first-order valence-electron chi connectivity index (χ1n) is 6.33. The summed E-state index contributed by atoms with van der Waals surface area (Å²) in [5, 5.41) is 0. The largest absolute Gasteiger partial charge is 0.340 e. The second-order valence-electron chi connectivity index (χ2n) is 4.55. The molecule has 1 aromatic rings. The Morgan fingerprint density at radius 2 is 2.11 bits per heavy atom. The third-order valence-corrected chi connectivity index (χ3v) is 3.45. The van der Waals surface area contributed by atoms with Crippen LogP contribution in [0.2, 0.25) is 0 Å². The number of hydrogen-bond acceptors (Lipinski definition) is 4. The van der Waals surface area contributed by atoms with Crippen LogP contribution in [0, 0.1) is 0 Å². The van der Waals surface area contributed by atoms with Gasteiger partial charge >= 0.3 is 0 Å². The summed E-state index contributed by atoms with van der Waals surface area (Å²) in [6, 6.07) is 6.05. The SMILES string of the molecule is CC(=O)N1CCN(C(CN)c2ccccn2)CC1. The maximum Gasteiger partial charge on any atom is 0.219 e. The lowest BCUT2D eigenvalue weighted by Crippen LogP contribution is -2.50. The predicted octanol–water partition coefficient (Wildman–Crippen LogP) is 0.246.